The van der Waals surface area contributed by atoms with Crippen LogP contribution in [0.2, 0.25) is 0 Å². The van der Waals surface area contributed by atoms with Crippen molar-refractivity contribution in [3.05, 3.63) is 27.3 Å². The first kappa shape index (κ1) is 12.8. The van der Waals surface area contributed by atoms with Gasteiger partial charge in [-0.1, -0.05) is 0 Å². The molecule has 7 heteroatoms. The zero-order chi connectivity index (χ0) is 11.6. The van der Waals surface area contributed by atoms with Crippen LogP contribution in [0.1, 0.15) is 5.56 Å². The first-order valence-corrected chi connectivity index (χ1v) is 5.62. The summed E-state index contributed by atoms with van der Waals surface area (Å²) in [5, 5.41) is 0. The van der Waals surface area contributed by atoms with Crippen LogP contribution in [-0.2, 0) is 6.18 Å². The van der Waals surface area contributed by atoms with E-state index in [4.69, 9.17) is 5.73 Å². The van der Waals surface area contributed by atoms with E-state index in [1.165, 1.54) is 6.07 Å². The van der Waals surface area contributed by atoms with Crippen LogP contribution >= 0.6 is 22.6 Å². The van der Waals surface area contributed by atoms with Crippen molar-refractivity contribution in [2.45, 2.75) is 6.18 Å². The van der Waals surface area contributed by atoms with Crippen LogP contribution in [0.25, 0.3) is 0 Å². The SMILES string of the molecule is NC([Se])=Nc1ccc(C(F)(F)F)cc1I. The summed E-state index contributed by atoms with van der Waals surface area (Å²) in [4.78, 5) is 3.85. The Hall–Kier alpha value is -0.271. The van der Waals surface area contributed by atoms with Gasteiger partial charge in [-0.2, -0.15) is 0 Å². The van der Waals surface area contributed by atoms with Gasteiger partial charge in [0.2, 0.25) is 0 Å². The second-order valence-electron chi connectivity index (χ2n) is 2.61. The van der Waals surface area contributed by atoms with Crippen molar-refractivity contribution in [1.82, 2.24) is 0 Å². The molecule has 0 unspecified atom stereocenters. The molecule has 15 heavy (non-hydrogen) atoms. The number of aliphatic imine (C=N–C) groups is 1. The van der Waals surface area contributed by atoms with Crippen LogP contribution in [0.5, 0.6) is 0 Å². The maximum atomic E-state index is 12.3. The van der Waals surface area contributed by atoms with Crippen LogP contribution < -0.4 is 5.73 Å². The van der Waals surface area contributed by atoms with Gasteiger partial charge in [0.25, 0.3) is 0 Å². The zero-order valence-corrected chi connectivity index (χ0v) is 11.0. The van der Waals surface area contributed by atoms with Gasteiger partial charge in [0.15, 0.2) is 0 Å². The van der Waals surface area contributed by atoms with Crippen LogP contribution in [0, 0.1) is 3.57 Å². The second-order valence-corrected chi connectivity index (χ2v) is 4.65. The van der Waals surface area contributed by atoms with E-state index in [9.17, 15) is 13.2 Å². The standard InChI is InChI=1S/C8H5F3IN2Se/c9-8(10,11)4-1-2-6(5(12)3-4)14-7(13)15/h1-3H,(H2,13,14). The molecule has 2 N–H and O–H groups in total. The number of halogens is 4. The van der Waals surface area contributed by atoms with Crippen molar-refractivity contribution in [3.8, 4) is 0 Å². The van der Waals surface area contributed by atoms with Gasteiger partial charge in [0.05, 0.1) is 0 Å². The third kappa shape index (κ3) is 3.66. The molecule has 0 heterocycles. The van der Waals surface area contributed by atoms with Gasteiger partial charge in [0, 0.05) is 0 Å². The van der Waals surface area contributed by atoms with Crippen molar-refractivity contribution >= 4 is 49.0 Å². The van der Waals surface area contributed by atoms with E-state index >= 15 is 0 Å². The second kappa shape index (κ2) is 4.71. The van der Waals surface area contributed by atoms with Gasteiger partial charge in [0.1, 0.15) is 0 Å². The molecule has 0 aliphatic rings. The molecular formula is C8H5F3IN2Se. The van der Waals surface area contributed by atoms with Gasteiger partial charge >= 0.3 is 106 Å². The Morgan fingerprint density at radius 1 is 1.40 bits per heavy atom. The fraction of sp³-hybridized carbons (Fsp3) is 0.125. The Morgan fingerprint density at radius 2 is 2.00 bits per heavy atom. The number of benzene rings is 1. The average Bonchev–Trinajstić information content (AvgIpc) is 2.05. The summed E-state index contributed by atoms with van der Waals surface area (Å²) in [7, 11) is 0. The third-order valence-corrected chi connectivity index (χ3v) is 2.56. The van der Waals surface area contributed by atoms with Crippen molar-refractivity contribution in [2.24, 2.45) is 10.7 Å². The molecule has 0 saturated heterocycles. The number of amidine groups is 1. The molecule has 1 radical (unpaired) electrons. The third-order valence-electron chi connectivity index (χ3n) is 1.51. The van der Waals surface area contributed by atoms with Gasteiger partial charge in [-0.15, -0.1) is 0 Å². The van der Waals surface area contributed by atoms with E-state index in [0.717, 1.165) is 12.1 Å². The zero-order valence-electron chi connectivity index (χ0n) is 7.18. The minimum absolute atomic E-state index is 0.188. The molecule has 81 valence electrons. The summed E-state index contributed by atoms with van der Waals surface area (Å²) in [5.74, 6) is 0. The van der Waals surface area contributed by atoms with Gasteiger partial charge in [-0.25, -0.2) is 0 Å². The Balaban J connectivity index is 3.15. The number of nitrogens with zero attached hydrogens (tertiary/aromatic N) is 1. The van der Waals surface area contributed by atoms with Crippen LogP contribution in [-0.4, -0.2) is 20.7 Å². The van der Waals surface area contributed by atoms with Gasteiger partial charge in [-0.05, 0) is 0 Å². The predicted molar refractivity (Wildman–Crippen MR) is 61.2 cm³/mol. The number of hydrogen-bond acceptors (Lipinski definition) is 1. The molecule has 2 nitrogen and oxygen atoms in total. The van der Waals surface area contributed by atoms with E-state index in [2.05, 4.69) is 21.0 Å². The molecule has 0 aliphatic heterocycles. The molecule has 0 aromatic heterocycles. The number of nitrogens with two attached hydrogens (primary N) is 1. The first-order chi connectivity index (χ1) is 6.80. The van der Waals surface area contributed by atoms with Crippen molar-refractivity contribution in [2.75, 3.05) is 0 Å². The van der Waals surface area contributed by atoms with Crippen molar-refractivity contribution < 1.29 is 13.2 Å². The summed E-state index contributed by atoms with van der Waals surface area (Å²) in [5.41, 5.74) is 5.01. The molecule has 0 fully saturated rings. The monoisotopic (exact) mass is 393 g/mol. The molecule has 1 rings (SSSR count). The number of alkyl halides is 3. The molecule has 0 spiro atoms. The quantitative estimate of drug-likeness (QED) is 0.339. The predicted octanol–water partition coefficient (Wildman–Crippen LogP) is 2.42. The van der Waals surface area contributed by atoms with E-state index in [1.54, 1.807) is 22.6 Å². The molecular weight excluding hydrogens is 387 g/mol. The fourth-order valence-electron chi connectivity index (χ4n) is 0.893. The minimum atomic E-state index is -4.33. The summed E-state index contributed by atoms with van der Waals surface area (Å²) in [6, 6.07) is 3.29. The number of rotatable bonds is 1. The normalized spacial score (nSPS) is 12.9. The van der Waals surface area contributed by atoms with Crippen molar-refractivity contribution in [3.63, 3.8) is 0 Å². The topological polar surface area (TPSA) is 38.4 Å². The van der Waals surface area contributed by atoms with Gasteiger partial charge < -0.3 is 0 Å². The molecule has 0 amide bonds. The molecule has 1 aromatic rings. The Labute approximate surface area is 106 Å². The Kier molecular flexibility index (Phi) is 4.02. The van der Waals surface area contributed by atoms with E-state index < -0.39 is 11.7 Å². The molecule has 0 aliphatic carbocycles. The average molecular weight is 392 g/mol. The van der Waals surface area contributed by atoms with Crippen LogP contribution in [0.3, 0.4) is 0 Å². The Morgan fingerprint density at radius 3 is 2.40 bits per heavy atom. The van der Waals surface area contributed by atoms with E-state index in [0.29, 0.717) is 9.26 Å². The first-order valence-electron chi connectivity index (χ1n) is 3.68. The molecule has 0 saturated carbocycles. The summed E-state index contributed by atoms with van der Waals surface area (Å²) in [6.07, 6.45) is -4.33. The van der Waals surface area contributed by atoms with E-state index in [1.807, 2.05) is 0 Å². The summed E-state index contributed by atoms with van der Waals surface area (Å²) < 4.78 is 37.5. The molecule has 1 aromatic carbocycles. The molecule has 0 bridgehead atoms. The van der Waals surface area contributed by atoms with Crippen LogP contribution in [0.4, 0.5) is 18.9 Å². The fourth-order valence-corrected chi connectivity index (χ4v) is 1.73. The summed E-state index contributed by atoms with van der Waals surface area (Å²) in [6.45, 7) is 0. The maximum absolute atomic E-state index is 12.3. The van der Waals surface area contributed by atoms with E-state index in [-0.39, 0.29) is 4.73 Å². The molecule has 0 atom stereocenters. The van der Waals surface area contributed by atoms with Gasteiger partial charge in [-0.3, -0.25) is 0 Å². The summed E-state index contributed by atoms with van der Waals surface area (Å²) >= 11 is 4.25. The van der Waals surface area contributed by atoms with Crippen molar-refractivity contribution in [1.29, 1.82) is 0 Å². The Bertz CT molecular complexity index is 399. The van der Waals surface area contributed by atoms with Crippen LogP contribution in [0.15, 0.2) is 23.2 Å². The number of hydrogen-bond donors (Lipinski definition) is 1.